The second-order valence-corrected chi connectivity index (χ2v) is 6.83. The van der Waals surface area contributed by atoms with Crippen molar-refractivity contribution in [2.24, 2.45) is 5.92 Å². The van der Waals surface area contributed by atoms with Gasteiger partial charge in [0.2, 0.25) is 11.8 Å². The van der Waals surface area contributed by atoms with Crippen LogP contribution in [0.3, 0.4) is 0 Å². The summed E-state index contributed by atoms with van der Waals surface area (Å²) < 4.78 is 0. The lowest BCUT2D eigenvalue weighted by atomic mass is 9.86. The molecule has 2 aromatic heterocycles. The van der Waals surface area contributed by atoms with E-state index in [0.717, 1.165) is 37.8 Å². The molecule has 0 radical (unpaired) electrons. The Morgan fingerprint density at radius 3 is 2.74 bits per heavy atom. The summed E-state index contributed by atoms with van der Waals surface area (Å²) >= 11 is 0. The lowest BCUT2D eigenvalue weighted by Gasteiger charge is -2.28. The van der Waals surface area contributed by atoms with E-state index < -0.39 is 4.92 Å². The van der Waals surface area contributed by atoms with Crippen molar-refractivity contribution in [1.82, 2.24) is 25.3 Å². The summed E-state index contributed by atoms with van der Waals surface area (Å²) in [7, 11) is 1.99. The van der Waals surface area contributed by atoms with Crippen molar-refractivity contribution < 1.29 is 4.92 Å². The van der Waals surface area contributed by atoms with Crippen LogP contribution in [0.25, 0.3) is 0 Å². The molecule has 0 unspecified atom stereocenters. The Balaban J connectivity index is 1.57. The maximum atomic E-state index is 11.3. The molecule has 2 heterocycles. The molecule has 0 saturated heterocycles. The number of nitrogens with one attached hydrogen (secondary N) is 4. The number of nitro groups is 1. The van der Waals surface area contributed by atoms with Crippen molar-refractivity contribution in [3.63, 3.8) is 0 Å². The van der Waals surface area contributed by atoms with Gasteiger partial charge in [0.25, 0.3) is 0 Å². The zero-order valence-corrected chi connectivity index (χ0v) is 15.4. The van der Waals surface area contributed by atoms with Gasteiger partial charge in [-0.25, -0.2) is 9.97 Å². The molecule has 1 saturated carbocycles. The van der Waals surface area contributed by atoms with Gasteiger partial charge in [-0.2, -0.15) is 4.98 Å². The number of hydrogen-bond acceptors (Lipinski definition) is 8. The van der Waals surface area contributed by atoms with E-state index >= 15 is 0 Å². The van der Waals surface area contributed by atoms with Crippen LogP contribution in [0.5, 0.6) is 0 Å². The van der Waals surface area contributed by atoms with Gasteiger partial charge in [-0.15, -0.1) is 0 Å². The second-order valence-electron chi connectivity index (χ2n) is 6.83. The van der Waals surface area contributed by atoms with E-state index in [2.05, 4.69) is 35.9 Å². The SMILES string of the molecule is CNC1CCC(CNc2nc(NCCc3cnc[nH]3)ncc2[N+](=O)[O-])CC1. The number of aromatic nitrogens is 4. The highest BCUT2D eigenvalue weighted by molar-refractivity contribution is 5.57. The zero-order valence-electron chi connectivity index (χ0n) is 15.4. The van der Waals surface area contributed by atoms with E-state index in [9.17, 15) is 10.1 Å². The minimum atomic E-state index is -0.450. The maximum absolute atomic E-state index is 11.3. The maximum Gasteiger partial charge on any atom is 0.329 e. The first kappa shape index (κ1) is 19.0. The topological polar surface area (TPSA) is 134 Å². The van der Waals surface area contributed by atoms with Crippen LogP contribution in [-0.2, 0) is 6.42 Å². The van der Waals surface area contributed by atoms with Crippen LogP contribution in [-0.4, -0.2) is 51.0 Å². The van der Waals surface area contributed by atoms with Gasteiger partial charge in [-0.3, -0.25) is 10.1 Å². The second kappa shape index (κ2) is 9.26. The first-order chi connectivity index (χ1) is 13.2. The molecule has 146 valence electrons. The highest BCUT2D eigenvalue weighted by Crippen LogP contribution is 2.27. The first-order valence-electron chi connectivity index (χ1n) is 9.29. The van der Waals surface area contributed by atoms with E-state index in [1.807, 2.05) is 7.05 Å². The molecule has 1 aliphatic rings. The minimum absolute atomic E-state index is 0.0990. The molecular weight excluding hydrogens is 348 g/mol. The Hall–Kier alpha value is -2.75. The molecule has 0 spiro atoms. The van der Waals surface area contributed by atoms with E-state index in [1.165, 1.54) is 6.20 Å². The van der Waals surface area contributed by atoms with Crippen LogP contribution in [0, 0.1) is 16.0 Å². The third-order valence-electron chi connectivity index (χ3n) is 5.01. The summed E-state index contributed by atoms with van der Waals surface area (Å²) in [5, 5.41) is 20.9. The number of nitrogens with zero attached hydrogens (tertiary/aromatic N) is 4. The average Bonchev–Trinajstić information content (AvgIpc) is 3.20. The molecule has 2 aromatic rings. The van der Waals surface area contributed by atoms with Crippen LogP contribution in [0.1, 0.15) is 31.4 Å². The standard InChI is InChI=1S/C17H26N8O2/c1-18-13-4-2-12(3-5-13)8-21-16-15(25(26)27)10-22-17(24-16)20-7-6-14-9-19-11-23-14/h9-13,18H,2-8H2,1H3,(H,19,23)(H2,20,21,22,24). The van der Waals surface area contributed by atoms with Gasteiger partial charge >= 0.3 is 5.69 Å². The molecule has 0 atom stereocenters. The van der Waals surface area contributed by atoms with Gasteiger partial charge in [0.05, 0.1) is 11.3 Å². The third kappa shape index (κ3) is 5.36. The molecule has 0 bridgehead atoms. The van der Waals surface area contributed by atoms with E-state index in [1.54, 1.807) is 12.5 Å². The highest BCUT2D eigenvalue weighted by atomic mass is 16.6. The summed E-state index contributed by atoms with van der Waals surface area (Å²) in [6.45, 7) is 1.29. The fourth-order valence-corrected chi connectivity index (χ4v) is 3.35. The molecule has 0 amide bonds. The number of hydrogen-bond donors (Lipinski definition) is 4. The van der Waals surface area contributed by atoms with Crippen LogP contribution in [0.4, 0.5) is 17.5 Å². The number of imidazole rings is 1. The van der Waals surface area contributed by atoms with Gasteiger partial charge in [-0.1, -0.05) is 0 Å². The fraction of sp³-hybridized carbons (Fsp3) is 0.588. The van der Waals surface area contributed by atoms with E-state index in [4.69, 9.17) is 0 Å². The monoisotopic (exact) mass is 374 g/mol. The first-order valence-corrected chi connectivity index (χ1v) is 9.29. The fourth-order valence-electron chi connectivity index (χ4n) is 3.35. The Labute approximate surface area is 157 Å². The van der Waals surface area contributed by atoms with Crippen LogP contribution in [0.2, 0.25) is 0 Å². The molecule has 1 fully saturated rings. The van der Waals surface area contributed by atoms with Crippen LogP contribution >= 0.6 is 0 Å². The van der Waals surface area contributed by atoms with Gasteiger partial charge in [0.15, 0.2) is 0 Å². The number of aromatic amines is 1. The molecule has 0 aliphatic heterocycles. The lowest BCUT2D eigenvalue weighted by Crippen LogP contribution is -2.32. The molecule has 4 N–H and O–H groups in total. The Morgan fingerprint density at radius 1 is 1.26 bits per heavy atom. The summed E-state index contributed by atoms with van der Waals surface area (Å²) in [4.78, 5) is 26.2. The van der Waals surface area contributed by atoms with Crippen molar-refractivity contribution in [1.29, 1.82) is 0 Å². The van der Waals surface area contributed by atoms with E-state index in [0.29, 0.717) is 31.0 Å². The smallest absolute Gasteiger partial charge is 0.329 e. The Kier molecular flexibility index (Phi) is 6.53. The highest BCUT2D eigenvalue weighted by Gasteiger charge is 2.22. The molecule has 27 heavy (non-hydrogen) atoms. The van der Waals surface area contributed by atoms with Gasteiger partial charge in [0, 0.05) is 37.4 Å². The Bertz CT molecular complexity index is 729. The molecule has 3 rings (SSSR count). The Morgan fingerprint density at radius 2 is 2.07 bits per heavy atom. The quantitative estimate of drug-likeness (QED) is 0.386. The number of anilines is 2. The largest absolute Gasteiger partial charge is 0.364 e. The summed E-state index contributed by atoms with van der Waals surface area (Å²) in [5.74, 6) is 1.15. The zero-order chi connectivity index (χ0) is 19.1. The molecule has 10 nitrogen and oxygen atoms in total. The van der Waals surface area contributed by atoms with Crippen molar-refractivity contribution >= 4 is 17.5 Å². The molecule has 10 heteroatoms. The predicted octanol–water partition coefficient (Wildman–Crippen LogP) is 1.95. The number of H-pyrrole nitrogens is 1. The molecule has 1 aliphatic carbocycles. The lowest BCUT2D eigenvalue weighted by molar-refractivity contribution is -0.384. The van der Waals surface area contributed by atoms with Crippen molar-refractivity contribution in [3.8, 4) is 0 Å². The van der Waals surface area contributed by atoms with Crippen LogP contribution < -0.4 is 16.0 Å². The average molecular weight is 374 g/mol. The predicted molar refractivity (Wildman–Crippen MR) is 103 cm³/mol. The van der Waals surface area contributed by atoms with E-state index in [-0.39, 0.29) is 11.5 Å². The van der Waals surface area contributed by atoms with Crippen molar-refractivity contribution in [2.75, 3.05) is 30.8 Å². The van der Waals surface area contributed by atoms with Crippen molar-refractivity contribution in [2.45, 2.75) is 38.1 Å². The third-order valence-corrected chi connectivity index (χ3v) is 5.01. The summed E-state index contributed by atoms with van der Waals surface area (Å²) in [5.41, 5.74) is 0.901. The van der Waals surface area contributed by atoms with Gasteiger partial charge in [-0.05, 0) is 38.6 Å². The number of rotatable bonds is 9. The van der Waals surface area contributed by atoms with Crippen LogP contribution in [0.15, 0.2) is 18.7 Å². The van der Waals surface area contributed by atoms with Gasteiger partial charge in [0.1, 0.15) is 6.20 Å². The normalized spacial score (nSPS) is 19.6. The molecular formula is C17H26N8O2. The van der Waals surface area contributed by atoms with Crippen molar-refractivity contribution in [3.05, 3.63) is 34.5 Å². The summed E-state index contributed by atoms with van der Waals surface area (Å²) in [6, 6.07) is 0.584. The van der Waals surface area contributed by atoms with Gasteiger partial charge < -0.3 is 20.9 Å². The summed E-state index contributed by atoms with van der Waals surface area (Å²) in [6.07, 6.45) is 9.85. The minimum Gasteiger partial charge on any atom is -0.364 e. The molecule has 0 aromatic carbocycles.